The van der Waals surface area contributed by atoms with Crippen LogP contribution in [-0.2, 0) is 4.74 Å². The number of fused-ring (bicyclic) bond motifs is 1. The molecule has 110 valence electrons. The van der Waals surface area contributed by atoms with E-state index in [1.165, 1.54) is 22.9 Å². The molecule has 4 rings (SSSR count). The second-order valence-corrected chi connectivity index (χ2v) is 7.15. The van der Waals surface area contributed by atoms with Crippen LogP contribution in [0.25, 0.3) is 10.8 Å². The Morgan fingerprint density at radius 3 is 2.95 bits per heavy atom. The van der Waals surface area contributed by atoms with E-state index in [0.29, 0.717) is 0 Å². The Bertz CT molecular complexity index is 629. The van der Waals surface area contributed by atoms with E-state index in [1.54, 1.807) is 0 Å². The zero-order chi connectivity index (χ0) is 14.1. The Kier molecular flexibility index (Phi) is 3.56. The highest BCUT2D eigenvalue weighted by molar-refractivity contribution is 7.99. The van der Waals surface area contributed by atoms with Gasteiger partial charge in [0, 0.05) is 24.0 Å². The van der Waals surface area contributed by atoms with Crippen LogP contribution in [0.1, 0.15) is 19.3 Å². The Morgan fingerprint density at radius 2 is 2.05 bits per heavy atom. The van der Waals surface area contributed by atoms with E-state index in [9.17, 15) is 0 Å². The van der Waals surface area contributed by atoms with Crippen LogP contribution >= 0.6 is 11.8 Å². The summed E-state index contributed by atoms with van der Waals surface area (Å²) in [7, 11) is 0. The molecule has 0 saturated carbocycles. The van der Waals surface area contributed by atoms with Gasteiger partial charge >= 0.3 is 0 Å². The summed E-state index contributed by atoms with van der Waals surface area (Å²) < 4.78 is 12.4. The Balaban J connectivity index is 1.57. The van der Waals surface area contributed by atoms with Crippen LogP contribution in [-0.4, -0.2) is 29.8 Å². The molecule has 2 aliphatic heterocycles. The Morgan fingerprint density at radius 1 is 1.14 bits per heavy atom. The van der Waals surface area contributed by atoms with Gasteiger partial charge in [-0.15, -0.1) is 0 Å². The maximum Gasteiger partial charge on any atom is 0.127 e. The van der Waals surface area contributed by atoms with Crippen molar-refractivity contribution >= 4 is 22.5 Å². The van der Waals surface area contributed by atoms with Gasteiger partial charge in [-0.2, -0.15) is 11.8 Å². The topological polar surface area (TPSA) is 18.5 Å². The molecule has 2 aliphatic rings. The minimum absolute atomic E-state index is 0.0815. The lowest BCUT2D eigenvalue weighted by Crippen LogP contribution is -2.43. The number of ether oxygens (including phenoxy) is 2. The molecule has 0 aromatic heterocycles. The van der Waals surface area contributed by atoms with E-state index in [-0.39, 0.29) is 11.7 Å². The van der Waals surface area contributed by atoms with Crippen LogP contribution in [0.5, 0.6) is 5.75 Å². The smallest absolute Gasteiger partial charge is 0.127 e. The molecule has 21 heavy (non-hydrogen) atoms. The molecule has 2 unspecified atom stereocenters. The monoisotopic (exact) mass is 300 g/mol. The standard InChI is InChI=1S/C18H20O2S/c1-2-6-16-14(4-1)5-3-7-17(16)20-15-8-10-19-18(12-15)9-11-21-13-18/h1-7,15H,8-13H2. The van der Waals surface area contributed by atoms with Crippen molar-refractivity contribution in [2.75, 3.05) is 18.1 Å². The fraction of sp³-hybridized carbons (Fsp3) is 0.444. The van der Waals surface area contributed by atoms with Crippen LogP contribution in [0.3, 0.4) is 0 Å². The summed E-state index contributed by atoms with van der Waals surface area (Å²) in [4.78, 5) is 0. The van der Waals surface area contributed by atoms with Crippen molar-refractivity contribution in [3.8, 4) is 5.75 Å². The summed E-state index contributed by atoms with van der Waals surface area (Å²) in [5.41, 5.74) is 0.0815. The number of hydrogen-bond donors (Lipinski definition) is 0. The molecule has 2 nitrogen and oxygen atoms in total. The van der Waals surface area contributed by atoms with Gasteiger partial charge in [0.15, 0.2) is 0 Å². The molecule has 0 radical (unpaired) electrons. The molecule has 0 bridgehead atoms. The van der Waals surface area contributed by atoms with E-state index >= 15 is 0 Å². The average Bonchev–Trinajstić information content (AvgIpc) is 2.95. The summed E-state index contributed by atoms with van der Waals surface area (Å²) >= 11 is 2.01. The highest BCUT2D eigenvalue weighted by Crippen LogP contribution is 2.39. The molecule has 2 aromatic rings. The minimum Gasteiger partial charge on any atom is -0.490 e. The Hall–Kier alpha value is -1.19. The van der Waals surface area contributed by atoms with Crippen LogP contribution in [0.15, 0.2) is 42.5 Å². The van der Waals surface area contributed by atoms with Crippen molar-refractivity contribution in [2.45, 2.75) is 31.0 Å². The van der Waals surface area contributed by atoms with Crippen molar-refractivity contribution in [2.24, 2.45) is 0 Å². The number of hydrogen-bond acceptors (Lipinski definition) is 3. The van der Waals surface area contributed by atoms with Gasteiger partial charge in [-0.05, 0) is 23.6 Å². The normalized spacial score (nSPS) is 29.0. The molecule has 2 saturated heterocycles. The van der Waals surface area contributed by atoms with Crippen LogP contribution in [0.2, 0.25) is 0 Å². The van der Waals surface area contributed by atoms with Gasteiger partial charge in [0.1, 0.15) is 11.9 Å². The summed E-state index contributed by atoms with van der Waals surface area (Å²) in [6.07, 6.45) is 3.48. The molecule has 0 amide bonds. The molecule has 2 atom stereocenters. The van der Waals surface area contributed by atoms with Crippen molar-refractivity contribution in [3.63, 3.8) is 0 Å². The van der Waals surface area contributed by atoms with Crippen molar-refractivity contribution in [1.29, 1.82) is 0 Å². The van der Waals surface area contributed by atoms with Crippen LogP contribution in [0, 0.1) is 0 Å². The quantitative estimate of drug-likeness (QED) is 0.825. The van der Waals surface area contributed by atoms with Crippen LogP contribution < -0.4 is 4.74 Å². The maximum atomic E-state index is 6.37. The molecule has 0 N–H and O–H groups in total. The van der Waals surface area contributed by atoms with Crippen molar-refractivity contribution in [1.82, 2.24) is 0 Å². The summed E-state index contributed by atoms with van der Waals surface area (Å²) in [5.74, 6) is 3.37. The number of thioether (sulfide) groups is 1. The highest BCUT2D eigenvalue weighted by Gasteiger charge is 2.41. The first-order chi connectivity index (χ1) is 10.3. The van der Waals surface area contributed by atoms with Crippen molar-refractivity contribution in [3.05, 3.63) is 42.5 Å². The molecular weight excluding hydrogens is 280 g/mol. The SMILES string of the molecule is c1ccc2c(OC3CCOC4(CCSC4)C3)cccc2c1. The second-order valence-electron chi connectivity index (χ2n) is 6.04. The Labute approximate surface area is 129 Å². The average molecular weight is 300 g/mol. The van der Waals surface area contributed by atoms with Gasteiger partial charge in [-0.25, -0.2) is 0 Å². The second kappa shape index (κ2) is 5.54. The number of benzene rings is 2. The zero-order valence-corrected chi connectivity index (χ0v) is 12.9. The van der Waals surface area contributed by atoms with Crippen LogP contribution in [0.4, 0.5) is 0 Å². The first-order valence-corrected chi connectivity index (χ1v) is 8.86. The van der Waals surface area contributed by atoms with E-state index in [1.807, 2.05) is 11.8 Å². The minimum atomic E-state index is 0.0815. The van der Waals surface area contributed by atoms with Gasteiger partial charge in [0.05, 0.1) is 12.2 Å². The highest BCUT2D eigenvalue weighted by atomic mass is 32.2. The largest absolute Gasteiger partial charge is 0.490 e. The van der Waals surface area contributed by atoms with Gasteiger partial charge in [0.2, 0.25) is 0 Å². The molecular formula is C18H20O2S. The first kappa shape index (κ1) is 13.5. The summed E-state index contributed by atoms with van der Waals surface area (Å²) in [6.45, 7) is 0.829. The third kappa shape index (κ3) is 2.65. The lowest BCUT2D eigenvalue weighted by atomic mass is 9.91. The number of rotatable bonds is 2. The van der Waals surface area contributed by atoms with Crippen molar-refractivity contribution < 1.29 is 9.47 Å². The third-order valence-electron chi connectivity index (χ3n) is 4.56. The van der Waals surface area contributed by atoms with E-state index in [4.69, 9.17) is 9.47 Å². The lowest BCUT2D eigenvalue weighted by Gasteiger charge is -2.37. The molecule has 2 heterocycles. The predicted octanol–water partition coefficient (Wildman–Crippen LogP) is 4.27. The zero-order valence-electron chi connectivity index (χ0n) is 12.1. The van der Waals surface area contributed by atoms with Gasteiger partial charge in [0.25, 0.3) is 0 Å². The fourth-order valence-electron chi connectivity index (χ4n) is 3.42. The van der Waals surface area contributed by atoms with E-state index in [0.717, 1.165) is 31.0 Å². The third-order valence-corrected chi connectivity index (χ3v) is 5.78. The molecule has 0 aliphatic carbocycles. The van der Waals surface area contributed by atoms with Gasteiger partial charge in [-0.1, -0.05) is 36.4 Å². The molecule has 2 aromatic carbocycles. The molecule has 2 fully saturated rings. The lowest BCUT2D eigenvalue weighted by molar-refractivity contribution is -0.0956. The predicted molar refractivity (Wildman–Crippen MR) is 88.2 cm³/mol. The maximum absolute atomic E-state index is 6.37. The van der Waals surface area contributed by atoms with E-state index in [2.05, 4.69) is 42.5 Å². The van der Waals surface area contributed by atoms with Gasteiger partial charge < -0.3 is 9.47 Å². The van der Waals surface area contributed by atoms with Gasteiger partial charge in [-0.3, -0.25) is 0 Å². The summed E-state index contributed by atoms with van der Waals surface area (Å²) in [6, 6.07) is 14.7. The molecule has 3 heteroatoms. The van der Waals surface area contributed by atoms with E-state index < -0.39 is 0 Å². The fourth-order valence-corrected chi connectivity index (χ4v) is 4.80. The summed E-state index contributed by atoms with van der Waals surface area (Å²) in [5, 5.41) is 2.45. The molecule has 1 spiro atoms. The first-order valence-electron chi connectivity index (χ1n) is 7.71.